The van der Waals surface area contributed by atoms with Crippen molar-refractivity contribution in [2.24, 2.45) is 0 Å². The quantitative estimate of drug-likeness (QED) is 0.676. The Morgan fingerprint density at radius 2 is 2.26 bits per heavy atom. The van der Waals surface area contributed by atoms with Gasteiger partial charge < -0.3 is 5.11 Å². The number of hydrogen-bond donors (Lipinski definition) is 1. The minimum Gasteiger partial charge on any atom is -0.389 e. The van der Waals surface area contributed by atoms with Gasteiger partial charge in [0.1, 0.15) is 11.5 Å². The minimum atomic E-state index is -0.735. The molecule has 1 heterocycles. The molecule has 2 aromatic rings. The fourth-order valence-electron chi connectivity index (χ4n) is 1.97. The third kappa shape index (κ3) is 2.48. The highest BCUT2D eigenvalue weighted by Gasteiger charge is 2.19. The van der Waals surface area contributed by atoms with E-state index in [9.17, 15) is 15.2 Å². The maximum Gasteiger partial charge on any atom is 0.293 e. The lowest BCUT2D eigenvalue weighted by molar-refractivity contribution is -0.384. The minimum absolute atomic E-state index is 0.0360. The third-order valence-electron chi connectivity index (χ3n) is 2.97. The number of aliphatic hydroxyl groups is 1. The fourth-order valence-corrected chi connectivity index (χ4v) is 1.97. The lowest BCUT2D eigenvalue weighted by Gasteiger charge is -2.10. The molecule has 0 saturated carbocycles. The molecule has 0 spiro atoms. The SMILES string of the molecule is CCc1nccn1-c1ccc([C@H](C)O)cc1[N+](=O)[O-]. The number of aromatic nitrogens is 2. The van der Waals surface area contributed by atoms with Crippen LogP contribution in [-0.4, -0.2) is 19.6 Å². The van der Waals surface area contributed by atoms with Gasteiger partial charge in [0.2, 0.25) is 0 Å². The highest BCUT2D eigenvalue weighted by atomic mass is 16.6. The van der Waals surface area contributed by atoms with Crippen LogP contribution >= 0.6 is 0 Å². The number of rotatable bonds is 4. The molecular formula is C13H15N3O3. The van der Waals surface area contributed by atoms with Crippen molar-refractivity contribution in [3.05, 3.63) is 52.1 Å². The first-order valence-electron chi connectivity index (χ1n) is 6.03. The largest absolute Gasteiger partial charge is 0.389 e. The lowest BCUT2D eigenvalue weighted by atomic mass is 10.1. The summed E-state index contributed by atoms with van der Waals surface area (Å²) in [6.45, 7) is 3.52. The maximum atomic E-state index is 11.2. The number of nitro benzene ring substituents is 1. The summed E-state index contributed by atoms with van der Waals surface area (Å²) in [5.74, 6) is 0.757. The van der Waals surface area contributed by atoms with Crippen molar-refractivity contribution >= 4 is 5.69 Å². The Morgan fingerprint density at radius 1 is 1.53 bits per heavy atom. The van der Waals surface area contributed by atoms with Crippen LogP contribution in [0.5, 0.6) is 0 Å². The standard InChI is InChI=1S/C13H15N3O3/c1-3-13-14-6-7-15(13)11-5-4-10(9(2)17)8-12(11)16(18)19/h4-9,17H,3H2,1-2H3/t9-/m0/s1. The van der Waals surface area contributed by atoms with E-state index in [1.165, 1.54) is 6.07 Å². The first kappa shape index (κ1) is 13.2. The van der Waals surface area contributed by atoms with Gasteiger partial charge in [-0.15, -0.1) is 0 Å². The second-order valence-corrected chi connectivity index (χ2v) is 4.25. The van der Waals surface area contributed by atoms with Gasteiger partial charge in [0.05, 0.1) is 11.0 Å². The topological polar surface area (TPSA) is 81.2 Å². The van der Waals surface area contributed by atoms with E-state index in [2.05, 4.69) is 4.98 Å². The van der Waals surface area contributed by atoms with Crippen molar-refractivity contribution in [3.8, 4) is 5.69 Å². The molecule has 0 aliphatic heterocycles. The van der Waals surface area contributed by atoms with E-state index in [4.69, 9.17) is 0 Å². The fraction of sp³-hybridized carbons (Fsp3) is 0.308. The van der Waals surface area contributed by atoms with Crippen LogP contribution in [0.25, 0.3) is 5.69 Å². The first-order chi connectivity index (χ1) is 9.04. The second-order valence-electron chi connectivity index (χ2n) is 4.25. The van der Waals surface area contributed by atoms with E-state index in [1.54, 1.807) is 36.0 Å². The zero-order valence-electron chi connectivity index (χ0n) is 10.8. The number of imidazole rings is 1. The average Bonchev–Trinajstić information content (AvgIpc) is 2.85. The van der Waals surface area contributed by atoms with Crippen molar-refractivity contribution < 1.29 is 10.0 Å². The monoisotopic (exact) mass is 261 g/mol. The van der Waals surface area contributed by atoms with Gasteiger partial charge in [-0.2, -0.15) is 0 Å². The maximum absolute atomic E-state index is 11.2. The summed E-state index contributed by atoms with van der Waals surface area (Å²) in [6.07, 6.45) is 3.26. The van der Waals surface area contributed by atoms with Crippen LogP contribution < -0.4 is 0 Å². The second kappa shape index (κ2) is 5.19. The van der Waals surface area contributed by atoms with Crippen molar-refractivity contribution in [2.75, 3.05) is 0 Å². The molecular weight excluding hydrogens is 246 g/mol. The molecule has 19 heavy (non-hydrogen) atoms. The van der Waals surface area contributed by atoms with Gasteiger partial charge in [-0.3, -0.25) is 14.7 Å². The van der Waals surface area contributed by atoms with Gasteiger partial charge in [-0.1, -0.05) is 13.0 Å². The number of hydrogen-bond acceptors (Lipinski definition) is 4. The highest BCUT2D eigenvalue weighted by Crippen LogP contribution is 2.27. The molecule has 6 nitrogen and oxygen atoms in total. The van der Waals surface area contributed by atoms with Gasteiger partial charge in [0.25, 0.3) is 5.69 Å². The molecule has 0 fully saturated rings. The number of nitrogens with zero attached hydrogens (tertiary/aromatic N) is 3. The summed E-state index contributed by atoms with van der Waals surface area (Å²) in [5, 5.41) is 20.7. The van der Waals surface area contributed by atoms with Gasteiger partial charge in [-0.05, 0) is 18.6 Å². The molecule has 0 radical (unpaired) electrons. The highest BCUT2D eigenvalue weighted by molar-refractivity contribution is 5.55. The molecule has 0 aliphatic carbocycles. The third-order valence-corrected chi connectivity index (χ3v) is 2.97. The number of aliphatic hydroxyl groups excluding tert-OH is 1. The normalized spacial score (nSPS) is 12.4. The van der Waals surface area contributed by atoms with Gasteiger partial charge in [0.15, 0.2) is 0 Å². The van der Waals surface area contributed by atoms with Gasteiger partial charge in [-0.25, -0.2) is 4.98 Å². The number of nitro groups is 1. The Bertz CT molecular complexity index is 605. The molecule has 0 bridgehead atoms. The zero-order chi connectivity index (χ0) is 14.0. The summed E-state index contributed by atoms with van der Waals surface area (Å²) < 4.78 is 1.70. The van der Waals surface area contributed by atoms with Crippen LogP contribution in [0.15, 0.2) is 30.6 Å². The zero-order valence-corrected chi connectivity index (χ0v) is 10.8. The summed E-state index contributed by atoms with van der Waals surface area (Å²) >= 11 is 0. The average molecular weight is 261 g/mol. The van der Waals surface area contributed by atoms with Gasteiger partial charge >= 0.3 is 0 Å². The van der Waals surface area contributed by atoms with Crippen molar-refractivity contribution in [3.63, 3.8) is 0 Å². The molecule has 1 aromatic heterocycles. The van der Waals surface area contributed by atoms with E-state index in [-0.39, 0.29) is 5.69 Å². The van der Waals surface area contributed by atoms with Crippen molar-refractivity contribution in [1.82, 2.24) is 9.55 Å². The summed E-state index contributed by atoms with van der Waals surface area (Å²) in [6, 6.07) is 4.73. The van der Waals surface area contributed by atoms with Gasteiger partial charge in [0, 0.05) is 24.9 Å². The summed E-state index contributed by atoms with van der Waals surface area (Å²) in [4.78, 5) is 14.9. The van der Waals surface area contributed by atoms with E-state index >= 15 is 0 Å². The van der Waals surface area contributed by atoms with Crippen LogP contribution in [-0.2, 0) is 6.42 Å². The number of benzene rings is 1. The van der Waals surface area contributed by atoms with Crippen molar-refractivity contribution in [2.45, 2.75) is 26.4 Å². The smallest absolute Gasteiger partial charge is 0.293 e. The molecule has 1 aromatic carbocycles. The Hall–Kier alpha value is -2.21. The molecule has 1 N–H and O–H groups in total. The predicted octanol–water partition coefficient (Wildman–Crippen LogP) is 2.40. The van der Waals surface area contributed by atoms with Crippen LogP contribution in [0.4, 0.5) is 5.69 Å². The van der Waals surface area contributed by atoms with E-state index < -0.39 is 11.0 Å². The molecule has 1 atom stereocenters. The summed E-state index contributed by atoms with van der Waals surface area (Å²) in [5.41, 5.74) is 0.948. The predicted molar refractivity (Wildman–Crippen MR) is 70.2 cm³/mol. The molecule has 100 valence electrons. The summed E-state index contributed by atoms with van der Waals surface area (Å²) in [7, 11) is 0. The molecule has 2 rings (SSSR count). The molecule has 0 amide bonds. The van der Waals surface area contributed by atoms with Crippen LogP contribution in [0, 0.1) is 10.1 Å². The first-order valence-corrected chi connectivity index (χ1v) is 6.03. The van der Waals surface area contributed by atoms with Crippen LogP contribution in [0.3, 0.4) is 0 Å². The van der Waals surface area contributed by atoms with Crippen LogP contribution in [0.2, 0.25) is 0 Å². The Labute approximate surface area is 110 Å². The van der Waals surface area contributed by atoms with E-state index in [0.29, 0.717) is 17.7 Å². The Morgan fingerprint density at radius 3 is 2.84 bits per heavy atom. The number of aryl methyl sites for hydroxylation is 1. The Balaban J connectivity index is 2.60. The molecule has 0 saturated heterocycles. The Kier molecular flexibility index (Phi) is 3.62. The molecule has 0 aliphatic rings. The van der Waals surface area contributed by atoms with Crippen molar-refractivity contribution in [1.29, 1.82) is 0 Å². The molecule has 6 heteroatoms. The van der Waals surface area contributed by atoms with E-state index in [1.807, 2.05) is 6.92 Å². The molecule has 0 unspecified atom stereocenters. The lowest BCUT2D eigenvalue weighted by Crippen LogP contribution is -2.04. The van der Waals surface area contributed by atoms with Crippen LogP contribution in [0.1, 0.15) is 31.3 Å². The van der Waals surface area contributed by atoms with E-state index in [0.717, 1.165) is 5.82 Å².